The van der Waals surface area contributed by atoms with Gasteiger partial charge in [-0.1, -0.05) is 59.2 Å². The molecular formula is C20H20Cl2N4OS. The van der Waals surface area contributed by atoms with Crippen molar-refractivity contribution in [1.29, 1.82) is 0 Å². The first-order valence-corrected chi connectivity index (χ1v) is 10.6. The molecule has 1 aromatic heterocycles. The van der Waals surface area contributed by atoms with Crippen LogP contribution in [-0.4, -0.2) is 20.7 Å². The van der Waals surface area contributed by atoms with Crippen molar-refractivity contribution in [3.05, 3.63) is 75.5 Å². The summed E-state index contributed by atoms with van der Waals surface area (Å²) in [6.07, 6.45) is 0. The van der Waals surface area contributed by atoms with Gasteiger partial charge in [0.15, 0.2) is 11.0 Å². The van der Waals surface area contributed by atoms with Crippen LogP contribution in [0.4, 0.5) is 0 Å². The lowest BCUT2D eigenvalue weighted by Gasteiger charge is -2.15. The number of halogens is 2. The van der Waals surface area contributed by atoms with Crippen molar-refractivity contribution in [2.45, 2.75) is 37.3 Å². The average Bonchev–Trinajstić information content (AvgIpc) is 3.11. The van der Waals surface area contributed by atoms with Crippen molar-refractivity contribution in [3.63, 3.8) is 0 Å². The molecule has 1 amide bonds. The van der Waals surface area contributed by atoms with E-state index in [1.54, 1.807) is 36.0 Å². The fraction of sp³-hybridized carbons (Fsp3) is 0.250. The Morgan fingerprint density at radius 1 is 1.14 bits per heavy atom. The van der Waals surface area contributed by atoms with Crippen LogP contribution in [0.25, 0.3) is 0 Å². The molecule has 0 saturated heterocycles. The number of benzene rings is 2. The Morgan fingerprint density at radius 3 is 2.54 bits per heavy atom. The second kappa shape index (κ2) is 9.45. The van der Waals surface area contributed by atoms with Crippen molar-refractivity contribution in [1.82, 2.24) is 20.1 Å². The van der Waals surface area contributed by atoms with E-state index >= 15 is 0 Å². The molecule has 0 aliphatic rings. The van der Waals surface area contributed by atoms with Gasteiger partial charge < -0.3 is 9.88 Å². The predicted molar refractivity (Wildman–Crippen MR) is 114 cm³/mol. The van der Waals surface area contributed by atoms with Gasteiger partial charge in [0.25, 0.3) is 5.91 Å². The molecule has 0 fully saturated rings. The fourth-order valence-electron chi connectivity index (χ4n) is 2.74. The Kier molecular flexibility index (Phi) is 6.99. The minimum absolute atomic E-state index is 0.237. The van der Waals surface area contributed by atoms with Gasteiger partial charge in [-0.3, -0.25) is 4.79 Å². The summed E-state index contributed by atoms with van der Waals surface area (Å²) in [5, 5.41) is 13.5. The van der Waals surface area contributed by atoms with Gasteiger partial charge in [-0.2, -0.15) is 0 Å². The van der Waals surface area contributed by atoms with Gasteiger partial charge >= 0.3 is 0 Å². The van der Waals surface area contributed by atoms with Gasteiger partial charge in [-0.15, -0.1) is 10.2 Å². The number of nitrogens with one attached hydrogen (secondary N) is 1. The van der Waals surface area contributed by atoms with Gasteiger partial charge in [0.05, 0.1) is 16.6 Å². The van der Waals surface area contributed by atoms with Gasteiger partial charge in [-0.05, 0) is 43.7 Å². The maximum absolute atomic E-state index is 12.5. The molecule has 1 N–H and O–H groups in total. The van der Waals surface area contributed by atoms with Crippen LogP contribution in [0.1, 0.15) is 41.6 Å². The zero-order valence-corrected chi connectivity index (χ0v) is 17.9. The predicted octanol–water partition coefficient (Wildman–Crippen LogP) is 5.39. The van der Waals surface area contributed by atoms with E-state index in [4.69, 9.17) is 23.2 Å². The van der Waals surface area contributed by atoms with Gasteiger partial charge in [0.1, 0.15) is 0 Å². The molecule has 28 heavy (non-hydrogen) atoms. The summed E-state index contributed by atoms with van der Waals surface area (Å²) >= 11 is 13.6. The van der Waals surface area contributed by atoms with E-state index in [9.17, 15) is 4.79 Å². The minimum Gasteiger partial charge on any atom is -0.342 e. The average molecular weight is 435 g/mol. The molecule has 146 valence electrons. The summed E-state index contributed by atoms with van der Waals surface area (Å²) in [7, 11) is 0. The molecule has 0 aliphatic heterocycles. The lowest BCUT2D eigenvalue weighted by Crippen LogP contribution is -2.29. The molecule has 1 heterocycles. The van der Waals surface area contributed by atoms with Crippen LogP contribution in [0, 0.1) is 0 Å². The number of hydrogen-bond donors (Lipinski definition) is 1. The molecule has 5 nitrogen and oxygen atoms in total. The topological polar surface area (TPSA) is 59.8 Å². The highest BCUT2D eigenvalue weighted by atomic mass is 35.5. The zero-order chi connectivity index (χ0) is 20.1. The van der Waals surface area contributed by atoms with Crippen molar-refractivity contribution < 1.29 is 4.79 Å². The van der Waals surface area contributed by atoms with Crippen LogP contribution in [0.15, 0.2) is 53.7 Å². The Labute approximate surface area is 178 Å². The molecular weight excluding hydrogens is 415 g/mol. The Morgan fingerprint density at radius 2 is 1.86 bits per heavy atom. The molecule has 0 saturated carbocycles. The molecule has 0 aliphatic carbocycles. The Bertz CT molecular complexity index is 959. The van der Waals surface area contributed by atoms with Gasteiger partial charge in [-0.25, -0.2) is 0 Å². The number of thioether (sulfide) groups is 1. The maximum Gasteiger partial charge on any atom is 0.253 e. The fourth-order valence-corrected chi connectivity index (χ4v) is 4.05. The molecule has 0 radical (unpaired) electrons. The zero-order valence-electron chi connectivity index (χ0n) is 15.5. The second-order valence-electron chi connectivity index (χ2n) is 6.18. The number of aromatic nitrogens is 3. The van der Waals surface area contributed by atoms with Crippen LogP contribution in [0.2, 0.25) is 10.0 Å². The van der Waals surface area contributed by atoms with Crippen molar-refractivity contribution in [2.75, 3.05) is 0 Å². The Hall–Kier alpha value is -2.02. The van der Waals surface area contributed by atoms with Crippen LogP contribution in [-0.2, 0) is 12.3 Å². The van der Waals surface area contributed by atoms with Crippen LogP contribution in [0.3, 0.4) is 0 Å². The lowest BCUT2D eigenvalue weighted by molar-refractivity contribution is 0.0937. The number of carbonyl (C=O) groups is 1. The van der Waals surface area contributed by atoms with E-state index < -0.39 is 0 Å². The van der Waals surface area contributed by atoms with E-state index in [1.807, 2.05) is 42.7 Å². The number of carbonyl (C=O) groups excluding carboxylic acids is 1. The second-order valence-corrected chi connectivity index (χ2v) is 7.96. The normalized spacial score (nSPS) is 12.0. The van der Waals surface area contributed by atoms with Crippen molar-refractivity contribution in [2.24, 2.45) is 0 Å². The summed E-state index contributed by atoms with van der Waals surface area (Å²) in [6, 6.07) is 14.4. The highest BCUT2D eigenvalue weighted by Crippen LogP contribution is 2.25. The van der Waals surface area contributed by atoms with E-state index in [0.717, 1.165) is 21.5 Å². The summed E-state index contributed by atoms with van der Waals surface area (Å²) in [5.74, 6) is 1.23. The van der Waals surface area contributed by atoms with Gasteiger partial charge in [0, 0.05) is 17.3 Å². The van der Waals surface area contributed by atoms with Crippen LogP contribution < -0.4 is 5.32 Å². The quantitative estimate of drug-likeness (QED) is 0.506. The van der Waals surface area contributed by atoms with E-state index in [1.165, 1.54) is 0 Å². The minimum atomic E-state index is -0.305. The SMILES string of the molecule is CCn1c(SCc2ccc(Cl)cc2)nnc1[C@H](C)NC(=O)c1ccccc1Cl. The summed E-state index contributed by atoms with van der Waals surface area (Å²) in [4.78, 5) is 12.5. The van der Waals surface area contributed by atoms with Crippen molar-refractivity contribution >= 4 is 40.9 Å². The standard InChI is InChI=1S/C20H20Cl2N4OS/c1-3-26-18(13(2)23-19(27)16-6-4-5-7-17(16)22)24-25-20(26)28-12-14-8-10-15(21)11-9-14/h4-11,13H,3,12H2,1-2H3,(H,23,27)/t13-/m0/s1. The first-order valence-electron chi connectivity index (χ1n) is 8.85. The molecule has 3 rings (SSSR count). The molecule has 3 aromatic rings. The number of hydrogen-bond acceptors (Lipinski definition) is 4. The summed E-state index contributed by atoms with van der Waals surface area (Å²) in [5.41, 5.74) is 1.59. The first kappa shape index (κ1) is 20.7. The third kappa shape index (κ3) is 4.87. The molecule has 1 atom stereocenters. The molecule has 8 heteroatoms. The highest BCUT2D eigenvalue weighted by molar-refractivity contribution is 7.98. The molecule has 2 aromatic carbocycles. The first-order chi connectivity index (χ1) is 13.5. The van der Waals surface area contributed by atoms with E-state index in [2.05, 4.69) is 15.5 Å². The third-order valence-electron chi connectivity index (χ3n) is 4.20. The van der Waals surface area contributed by atoms with Crippen LogP contribution in [0.5, 0.6) is 0 Å². The van der Waals surface area contributed by atoms with Gasteiger partial charge in [0.2, 0.25) is 0 Å². The van der Waals surface area contributed by atoms with Crippen LogP contribution >= 0.6 is 35.0 Å². The summed E-state index contributed by atoms with van der Waals surface area (Å²) < 4.78 is 2.01. The monoisotopic (exact) mass is 434 g/mol. The number of nitrogens with zero attached hydrogens (tertiary/aromatic N) is 3. The lowest BCUT2D eigenvalue weighted by atomic mass is 10.2. The Balaban J connectivity index is 1.70. The van der Waals surface area contributed by atoms with E-state index in [0.29, 0.717) is 23.0 Å². The molecule has 0 unspecified atom stereocenters. The third-order valence-corrected chi connectivity index (χ3v) is 5.82. The summed E-state index contributed by atoms with van der Waals surface area (Å²) in [6.45, 7) is 4.62. The molecule has 0 spiro atoms. The number of amides is 1. The molecule has 0 bridgehead atoms. The largest absolute Gasteiger partial charge is 0.342 e. The smallest absolute Gasteiger partial charge is 0.253 e. The number of rotatable bonds is 7. The highest BCUT2D eigenvalue weighted by Gasteiger charge is 2.20. The van der Waals surface area contributed by atoms with Crippen molar-refractivity contribution in [3.8, 4) is 0 Å². The van der Waals surface area contributed by atoms with E-state index in [-0.39, 0.29) is 11.9 Å². The maximum atomic E-state index is 12.5.